The Kier molecular flexibility index (Phi) is 5.09. The zero-order valence-electron chi connectivity index (χ0n) is 16.4. The van der Waals surface area contributed by atoms with E-state index in [4.69, 9.17) is 4.42 Å². The molecule has 2 aromatic carbocycles. The molecular weight excluding hydrogens is 380 g/mol. The molecule has 30 heavy (non-hydrogen) atoms. The van der Waals surface area contributed by atoms with E-state index in [1.807, 2.05) is 61.5 Å². The second-order valence-electron chi connectivity index (χ2n) is 6.77. The fraction of sp³-hybridized carbons (Fsp3) is 0.136. The summed E-state index contributed by atoms with van der Waals surface area (Å²) in [6.07, 6.45) is 1.57. The first-order valence-corrected chi connectivity index (χ1v) is 9.31. The van der Waals surface area contributed by atoms with E-state index in [9.17, 15) is 10.1 Å². The minimum absolute atomic E-state index is 0.0404. The molecule has 1 unspecified atom stereocenters. The predicted octanol–water partition coefficient (Wildman–Crippen LogP) is 3.59. The molecule has 0 saturated carbocycles. The molecule has 4 aromatic rings. The van der Waals surface area contributed by atoms with Crippen LogP contribution in [0.25, 0.3) is 16.8 Å². The van der Waals surface area contributed by atoms with Crippen LogP contribution in [0.5, 0.6) is 0 Å². The third-order valence-corrected chi connectivity index (χ3v) is 4.85. The molecular formula is C22H18N6O2. The Bertz CT molecular complexity index is 1220. The van der Waals surface area contributed by atoms with Crippen molar-refractivity contribution in [1.82, 2.24) is 25.5 Å². The van der Waals surface area contributed by atoms with Crippen LogP contribution in [0, 0.1) is 18.3 Å². The van der Waals surface area contributed by atoms with E-state index in [0.29, 0.717) is 22.6 Å². The molecule has 2 aromatic heterocycles. The smallest absolute Gasteiger partial charge is 0.257 e. The average Bonchev–Trinajstić information content (AvgIpc) is 3.46. The van der Waals surface area contributed by atoms with Gasteiger partial charge in [-0.3, -0.25) is 4.79 Å². The van der Waals surface area contributed by atoms with Gasteiger partial charge in [0.25, 0.3) is 11.7 Å². The molecule has 0 spiro atoms. The number of hydrogen-bond donors (Lipinski definition) is 1. The Labute approximate surface area is 172 Å². The minimum atomic E-state index is -0.307. The quantitative estimate of drug-likeness (QED) is 0.550. The molecule has 4 rings (SSSR count). The highest BCUT2D eigenvalue weighted by molar-refractivity contribution is 5.98. The second-order valence-corrected chi connectivity index (χ2v) is 6.77. The van der Waals surface area contributed by atoms with Crippen molar-refractivity contribution >= 4 is 5.91 Å². The number of nitriles is 1. The summed E-state index contributed by atoms with van der Waals surface area (Å²) in [6, 6.07) is 18.6. The number of nitrogens with zero attached hydrogens (tertiary/aromatic N) is 5. The number of rotatable bonds is 5. The molecule has 0 saturated heterocycles. The van der Waals surface area contributed by atoms with Gasteiger partial charge in [-0.1, -0.05) is 35.4 Å². The third kappa shape index (κ3) is 3.56. The van der Waals surface area contributed by atoms with Gasteiger partial charge in [-0.15, -0.1) is 0 Å². The van der Waals surface area contributed by atoms with Crippen molar-refractivity contribution in [1.29, 1.82) is 5.26 Å². The first-order valence-electron chi connectivity index (χ1n) is 9.31. The summed E-state index contributed by atoms with van der Waals surface area (Å²) in [7, 11) is 0. The lowest BCUT2D eigenvalue weighted by Gasteiger charge is -2.17. The van der Waals surface area contributed by atoms with E-state index < -0.39 is 0 Å². The number of nitrogens with one attached hydrogen (secondary N) is 1. The van der Waals surface area contributed by atoms with Gasteiger partial charge in [-0.05, 0) is 65.2 Å². The minimum Gasteiger partial charge on any atom is -0.467 e. The van der Waals surface area contributed by atoms with Gasteiger partial charge in [0.15, 0.2) is 0 Å². The molecule has 8 heteroatoms. The lowest BCUT2D eigenvalue weighted by atomic mass is 9.97. The molecule has 0 fully saturated rings. The van der Waals surface area contributed by atoms with Gasteiger partial charge in [0.05, 0.1) is 18.0 Å². The number of amides is 1. The third-order valence-electron chi connectivity index (χ3n) is 4.85. The lowest BCUT2D eigenvalue weighted by molar-refractivity contribution is 0.0934. The summed E-state index contributed by atoms with van der Waals surface area (Å²) in [5, 5.41) is 23.6. The molecule has 1 N–H and O–H groups in total. The zero-order chi connectivity index (χ0) is 21.1. The van der Waals surface area contributed by atoms with Crippen LogP contribution in [0.4, 0.5) is 0 Å². The van der Waals surface area contributed by atoms with E-state index in [2.05, 4.69) is 20.8 Å². The standard InChI is InChI=1S/C22H18N6O2/c1-14-18(22(29)24-15(2)20-9-6-10-30-20)11-17(16-7-4-3-5-8-16)12-19(14)28-21(13-23)25-26-27-28/h3-12,15H,1-2H3,(H,24,29). The van der Waals surface area contributed by atoms with E-state index in [1.165, 1.54) is 4.68 Å². The molecule has 0 radical (unpaired) electrons. The highest BCUT2D eigenvalue weighted by Crippen LogP contribution is 2.28. The maximum Gasteiger partial charge on any atom is 0.257 e. The number of carbonyl (C=O) groups is 1. The second kappa shape index (κ2) is 8.01. The number of carbonyl (C=O) groups excluding carboxylic acids is 1. The van der Waals surface area contributed by atoms with Crippen LogP contribution >= 0.6 is 0 Å². The molecule has 1 amide bonds. The largest absolute Gasteiger partial charge is 0.467 e. The van der Waals surface area contributed by atoms with Gasteiger partial charge >= 0.3 is 0 Å². The van der Waals surface area contributed by atoms with Gasteiger partial charge in [0.1, 0.15) is 11.8 Å². The summed E-state index contributed by atoms with van der Waals surface area (Å²) in [5.41, 5.74) is 3.42. The maximum atomic E-state index is 13.2. The Morgan fingerprint density at radius 3 is 2.67 bits per heavy atom. The van der Waals surface area contributed by atoms with Gasteiger partial charge < -0.3 is 9.73 Å². The van der Waals surface area contributed by atoms with E-state index in [1.54, 1.807) is 19.3 Å². The topological polar surface area (TPSA) is 110 Å². The Morgan fingerprint density at radius 2 is 1.97 bits per heavy atom. The summed E-state index contributed by atoms with van der Waals surface area (Å²) in [5.74, 6) is 0.438. The maximum absolute atomic E-state index is 13.2. The van der Waals surface area contributed by atoms with Crippen LogP contribution in [-0.2, 0) is 0 Å². The van der Waals surface area contributed by atoms with Crippen molar-refractivity contribution in [3.05, 3.63) is 83.6 Å². The van der Waals surface area contributed by atoms with Gasteiger partial charge in [-0.2, -0.15) is 9.94 Å². The summed E-state index contributed by atoms with van der Waals surface area (Å²) in [6.45, 7) is 3.66. The number of tetrazole rings is 1. The number of benzene rings is 2. The number of furan rings is 1. The first kappa shape index (κ1) is 19.1. The molecule has 148 valence electrons. The zero-order valence-corrected chi connectivity index (χ0v) is 16.4. The fourth-order valence-corrected chi connectivity index (χ4v) is 3.25. The Morgan fingerprint density at radius 1 is 1.17 bits per heavy atom. The average molecular weight is 398 g/mol. The molecule has 8 nitrogen and oxygen atoms in total. The van der Waals surface area contributed by atoms with Crippen LogP contribution in [0.3, 0.4) is 0 Å². The summed E-state index contributed by atoms with van der Waals surface area (Å²) < 4.78 is 6.73. The van der Waals surface area contributed by atoms with E-state index in [-0.39, 0.29) is 17.8 Å². The molecule has 1 atom stereocenters. The predicted molar refractivity (Wildman–Crippen MR) is 109 cm³/mol. The number of hydrogen-bond acceptors (Lipinski definition) is 6. The molecule has 0 bridgehead atoms. The van der Waals surface area contributed by atoms with Gasteiger partial charge in [0, 0.05) is 5.56 Å². The fourth-order valence-electron chi connectivity index (χ4n) is 3.25. The normalized spacial score (nSPS) is 11.6. The van der Waals surface area contributed by atoms with Crippen LogP contribution < -0.4 is 5.32 Å². The van der Waals surface area contributed by atoms with Crippen molar-refractivity contribution in [2.75, 3.05) is 0 Å². The van der Waals surface area contributed by atoms with Gasteiger partial charge in [-0.25, -0.2) is 0 Å². The highest BCUT2D eigenvalue weighted by Gasteiger charge is 2.21. The van der Waals surface area contributed by atoms with Gasteiger partial charge in [0.2, 0.25) is 0 Å². The van der Waals surface area contributed by atoms with Crippen LogP contribution in [-0.4, -0.2) is 26.1 Å². The lowest BCUT2D eigenvalue weighted by Crippen LogP contribution is -2.27. The molecule has 2 heterocycles. The van der Waals surface area contributed by atoms with Crippen molar-refractivity contribution in [2.45, 2.75) is 19.9 Å². The van der Waals surface area contributed by atoms with Crippen molar-refractivity contribution < 1.29 is 9.21 Å². The van der Waals surface area contributed by atoms with Crippen molar-refractivity contribution in [3.63, 3.8) is 0 Å². The van der Waals surface area contributed by atoms with Crippen LogP contribution in [0.15, 0.2) is 65.3 Å². The van der Waals surface area contributed by atoms with Crippen molar-refractivity contribution in [2.24, 2.45) is 0 Å². The highest BCUT2D eigenvalue weighted by atomic mass is 16.3. The Balaban J connectivity index is 1.82. The molecule has 0 aliphatic heterocycles. The summed E-state index contributed by atoms with van der Waals surface area (Å²) >= 11 is 0. The Hall–Kier alpha value is -4.25. The van der Waals surface area contributed by atoms with Crippen molar-refractivity contribution in [3.8, 4) is 22.9 Å². The van der Waals surface area contributed by atoms with Crippen LogP contribution in [0.1, 0.15) is 40.5 Å². The first-order chi connectivity index (χ1) is 14.6. The molecule has 0 aliphatic carbocycles. The van der Waals surface area contributed by atoms with E-state index >= 15 is 0 Å². The van der Waals surface area contributed by atoms with E-state index in [0.717, 1.165) is 11.1 Å². The molecule has 0 aliphatic rings. The van der Waals surface area contributed by atoms with Crippen LogP contribution in [0.2, 0.25) is 0 Å². The number of aromatic nitrogens is 4. The SMILES string of the molecule is Cc1c(C(=O)NC(C)c2ccco2)cc(-c2ccccc2)cc1-n1nnnc1C#N. The monoisotopic (exact) mass is 398 g/mol. The summed E-state index contributed by atoms with van der Waals surface area (Å²) in [4.78, 5) is 13.2.